The van der Waals surface area contributed by atoms with Crippen LogP contribution < -0.4 is 5.32 Å². The summed E-state index contributed by atoms with van der Waals surface area (Å²) >= 11 is 0. The minimum atomic E-state index is -0.0117. The molecule has 0 aliphatic heterocycles. The number of benzene rings is 1. The van der Waals surface area contributed by atoms with Gasteiger partial charge in [-0.25, -0.2) is 4.79 Å². The standard InChI is InChI=1S/C28H49N3O2/c1-6-7-10-19-30(4)20-11-8-9-12-21-33-26-16-14-25(15-17-26)31(5)28(32)29-27-18-13-23(2)22-24(27)3/h13,18,22,25-26H,6-12,14-17,19-21H2,1-5H3,(H,29,32)/t25-,26-. The van der Waals surface area contributed by atoms with E-state index >= 15 is 0 Å². The van der Waals surface area contributed by atoms with Crippen molar-refractivity contribution in [1.29, 1.82) is 0 Å². The highest BCUT2D eigenvalue weighted by Gasteiger charge is 2.27. The molecule has 1 aliphatic carbocycles. The maximum absolute atomic E-state index is 12.7. The second-order valence-electron chi connectivity index (χ2n) is 10.1. The molecule has 0 saturated heterocycles. The van der Waals surface area contributed by atoms with Gasteiger partial charge in [-0.3, -0.25) is 0 Å². The maximum atomic E-state index is 12.7. The van der Waals surface area contributed by atoms with Crippen molar-refractivity contribution in [2.24, 2.45) is 0 Å². The molecule has 0 unspecified atom stereocenters. The summed E-state index contributed by atoms with van der Waals surface area (Å²) < 4.78 is 6.16. The highest BCUT2D eigenvalue weighted by molar-refractivity contribution is 5.90. The van der Waals surface area contributed by atoms with Crippen molar-refractivity contribution in [2.45, 2.75) is 104 Å². The number of aryl methyl sites for hydroxylation is 2. The fraction of sp³-hybridized carbons (Fsp3) is 0.750. The van der Waals surface area contributed by atoms with E-state index in [2.05, 4.69) is 37.2 Å². The average Bonchev–Trinajstić information content (AvgIpc) is 2.80. The van der Waals surface area contributed by atoms with E-state index in [1.807, 2.05) is 31.0 Å². The van der Waals surface area contributed by atoms with Crippen LogP contribution in [0.5, 0.6) is 0 Å². The van der Waals surface area contributed by atoms with Gasteiger partial charge in [0.25, 0.3) is 0 Å². The minimum Gasteiger partial charge on any atom is -0.378 e. The van der Waals surface area contributed by atoms with Crippen LogP contribution in [0, 0.1) is 13.8 Å². The van der Waals surface area contributed by atoms with Gasteiger partial charge in [0.15, 0.2) is 0 Å². The summed E-state index contributed by atoms with van der Waals surface area (Å²) in [7, 11) is 4.17. The van der Waals surface area contributed by atoms with Gasteiger partial charge in [-0.05, 0) is 90.6 Å². The summed E-state index contributed by atoms with van der Waals surface area (Å²) in [5.41, 5.74) is 3.22. The molecule has 0 radical (unpaired) electrons. The van der Waals surface area contributed by atoms with Gasteiger partial charge in [0.05, 0.1) is 6.10 Å². The summed E-state index contributed by atoms with van der Waals surface area (Å²) in [4.78, 5) is 17.1. The van der Waals surface area contributed by atoms with E-state index < -0.39 is 0 Å². The Hall–Kier alpha value is -1.59. The third-order valence-corrected chi connectivity index (χ3v) is 7.07. The minimum absolute atomic E-state index is 0.0117. The molecule has 0 atom stereocenters. The fourth-order valence-electron chi connectivity index (χ4n) is 4.75. The van der Waals surface area contributed by atoms with Gasteiger partial charge >= 0.3 is 6.03 Å². The number of hydrogen-bond donors (Lipinski definition) is 1. The molecule has 1 saturated carbocycles. The third kappa shape index (κ3) is 10.5. The molecule has 2 amide bonds. The number of rotatable bonds is 14. The normalized spacial score (nSPS) is 18.5. The molecular weight excluding hydrogens is 410 g/mol. The number of nitrogens with one attached hydrogen (secondary N) is 1. The summed E-state index contributed by atoms with van der Waals surface area (Å²) in [5.74, 6) is 0. The molecule has 2 rings (SSSR count). The van der Waals surface area contributed by atoms with E-state index in [-0.39, 0.29) is 6.03 Å². The monoisotopic (exact) mass is 459 g/mol. The third-order valence-electron chi connectivity index (χ3n) is 7.07. The average molecular weight is 460 g/mol. The Morgan fingerprint density at radius 3 is 2.30 bits per heavy atom. The first-order valence-corrected chi connectivity index (χ1v) is 13.3. The van der Waals surface area contributed by atoms with E-state index in [9.17, 15) is 4.79 Å². The van der Waals surface area contributed by atoms with Crippen LogP contribution in [0.3, 0.4) is 0 Å². The van der Waals surface area contributed by atoms with Crippen molar-refractivity contribution in [3.63, 3.8) is 0 Å². The van der Waals surface area contributed by atoms with Crippen LogP contribution >= 0.6 is 0 Å². The molecule has 5 nitrogen and oxygen atoms in total. The second kappa shape index (κ2) is 15.3. The van der Waals surface area contributed by atoms with Crippen molar-refractivity contribution < 1.29 is 9.53 Å². The first kappa shape index (κ1) is 27.7. The van der Waals surface area contributed by atoms with Crippen LogP contribution in [0.2, 0.25) is 0 Å². The summed E-state index contributed by atoms with van der Waals surface area (Å²) in [6, 6.07) is 6.42. The number of carbonyl (C=O) groups is 1. The molecule has 5 heteroatoms. The first-order valence-electron chi connectivity index (χ1n) is 13.3. The van der Waals surface area contributed by atoms with Crippen LogP contribution in [0.15, 0.2) is 18.2 Å². The Morgan fingerprint density at radius 2 is 1.64 bits per heavy atom. The van der Waals surface area contributed by atoms with E-state index in [1.54, 1.807) is 0 Å². The maximum Gasteiger partial charge on any atom is 0.321 e. The van der Waals surface area contributed by atoms with Gasteiger partial charge in [0.2, 0.25) is 0 Å². The largest absolute Gasteiger partial charge is 0.378 e. The first-order chi connectivity index (χ1) is 15.9. The van der Waals surface area contributed by atoms with Crippen molar-refractivity contribution in [3.05, 3.63) is 29.3 Å². The van der Waals surface area contributed by atoms with Crippen molar-refractivity contribution in [2.75, 3.05) is 39.1 Å². The molecule has 1 fully saturated rings. The molecule has 188 valence electrons. The highest BCUT2D eigenvalue weighted by Crippen LogP contribution is 2.26. The topological polar surface area (TPSA) is 44.8 Å². The Bertz CT molecular complexity index is 686. The SMILES string of the molecule is CCCCCN(C)CCCCCCO[C@H]1CC[C@H](N(C)C(=O)Nc2ccc(C)cc2C)CC1. The van der Waals surface area contributed by atoms with Gasteiger partial charge in [-0.15, -0.1) is 0 Å². The number of anilines is 1. The highest BCUT2D eigenvalue weighted by atomic mass is 16.5. The number of carbonyl (C=O) groups excluding carboxylic acids is 1. The van der Waals surface area contributed by atoms with Gasteiger partial charge in [0.1, 0.15) is 0 Å². The number of nitrogens with zero attached hydrogens (tertiary/aromatic N) is 2. The predicted octanol–water partition coefficient (Wildman–Crippen LogP) is 6.78. The van der Waals surface area contributed by atoms with Gasteiger partial charge in [-0.2, -0.15) is 0 Å². The summed E-state index contributed by atoms with van der Waals surface area (Å²) in [6.07, 6.45) is 13.5. The lowest BCUT2D eigenvalue weighted by molar-refractivity contribution is 0.0130. The molecule has 1 aliphatic rings. The number of amides is 2. The van der Waals surface area contributed by atoms with Crippen LogP contribution in [0.25, 0.3) is 0 Å². The zero-order valence-electron chi connectivity index (χ0n) is 22.0. The Kier molecular flexibility index (Phi) is 12.9. The molecule has 0 aromatic heterocycles. The zero-order chi connectivity index (χ0) is 24.1. The van der Waals surface area contributed by atoms with Crippen LogP contribution in [0.4, 0.5) is 10.5 Å². The van der Waals surface area contributed by atoms with Crippen LogP contribution in [-0.4, -0.2) is 61.8 Å². The quantitative estimate of drug-likeness (QED) is 0.312. The van der Waals surface area contributed by atoms with Gasteiger partial charge in [0, 0.05) is 25.4 Å². The summed E-state index contributed by atoms with van der Waals surface area (Å²) in [6.45, 7) is 9.71. The number of hydrogen-bond acceptors (Lipinski definition) is 3. The lowest BCUT2D eigenvalue weighted by Crippen LogP contribution is -2.42. The zero-order valence-corrected chi connectivity index (χ0v) is 22.0. The van der Waals surface area contributed by atoms with Crippen molar-refractivity contribution >= 4 is 11.7 Å². The Morgan fingerprint density at radius 1 is 0.970 bits per heavy atom. The molecule has 1 N–H and O–H groups in total. The van der Waals surface area contributed by atoms with Crippen LogP contribution in [-0.2, 0) is 4.74 Å². The molecule has 33 heavy (non-hydrogen) atoms. The molecular formula is C28H49N3O2. The Labute approximate surface area is 203 Å². The molecule has 1 aromatic carbocycles. The number of unbranched alkanes of at least 4 members (excludes halogenated alkanes) is 5. The van der Waals surface area contributed by atoms with Gasteiger partial charge in [-0.1, -0.05) is 50.3 Å². The molecule has 0 spiro atoms. The summed E-state index contributed by atoms with van der Waals surface area (Å²) in [5, 5.41) is 3.08. The Balaban J connectivity index is 1.54. The lowest BCUT2D eigenvalue weighted by atomic mass is 9.92. The van der Waals surface area contributed by atoms with E-state index in [0.717, 1.165) is 50.0 Å². The number of ether oxygens (including phenoxy) is 1. The molecule has 0 heterocycles. The fourth-order valence-corrected chi connectivity index (χ4v) is 4.75. The molecule has 0 bridgehead atoms. The van der Waals surface area contributed by atoms with Crippen LogP contribution in [0.1, 0.15) is 88.7 Å². The lowest BCUT2D eigenvalue weighted by Gasteiger charge is -2.34. The van der Waals surface area contributed by atoms with Crippen molar-refractivity contribution in [1.82, 2.24) is 9.80 Å². The van der Waals surface area contributed by atoms with Crippen molar-refractivity contribution in [3.8, 4) is 0 Å². The predicted molar refractivity (Wildman–Crippen MR) is 140 cm³/mol. The number of urea groups is 1. The van der Waals surface area contributed by atoms with E-state index in [0.29, 0.717) is 12.1 Å². The van der Waals surface area contributed by atoms with E-state index in [1.165, 1.54) is 57.2 Å². The van der Waals surface area contributed by atoms with E-state index in [4.69, 9.17) is 4.74 Å². The van der Waals surface area contributed by atoms with Gasteiger partial charge < -0.3 is 19.9 Å². The molecule has 1 aromatic rings. The second-order valence-corrected chi connectivity index (χ2v) is 10.1. The smallest absolute Gasteiger partial charge is 0.321 e.